The standard InChI is InChI=1S/C19H29N/c1-3-15-6-9-17(13-20-18-10-11-18)19(12-15)16-7-4-14(2)5-8-16/h4-5,7-8,15,17-20H,3,6,9-13H2,1-2H3. The molecule has 0 spiro atoms. The summed E-state index contributed by atoms with van der Waals surface area (Å²) >= 11 is 0. The van der Waals surface area contributed by atoms with Crippen molar-refractivity contribution in [3.63, 3.8) is 0 Å². The van der Waals surface area contributed by atoms with Crippen molar-refractivity contribution in [1.82, 2.24) is 5.32 Å². The fourth-order valence-electron chi connectivity index (χ4n) is 3.76. The maximum Gasteiger partial charge on any atom is 0.00683 e. The molecular weight excluding hydrogens is 242 g/mol. The fourth-order valence-corrected chi connectivity index (χ4v) is 3.76. The van der Waals surface area contributed by atoms with Gasteiger partial charge in [0.25, 0.3) is 0 Å². The van der Waals surface area contributed by atoms with Crippen LogP contribution in [0.4, 0.5) is 0 Å². The summed E-state index contributed by atoms with van der Waals surface area (Å²) in [6.45, 7) is 5.78. The first kappa shape index (κ1) is 14.1. The maximum atomic E-state index is 3.77. The second-order valence-corrected chi connectivity index (χ2v) is 7.05. The first-order chi connectivity index (χ1) is 9.76. The van der Waals surface area contributed by atoms with Gasteiger partial charge in [0.2, 0.25) is 0 Å². The minimum Gasteiger partial charge on any atom is -0.314 e. The summed E-state index contributed by atoms with van der Waals surface area (Å²) in [5, 5.41) is 3.77. The van der Waals surface area contributed by atoms with Gasteiger partial charge in [-0.15, -0.1) is 0 Å². The van der Waals surface area contributed by atoms with Gasteiger partial charge in [-0.3, -0.25) is 0 Å². The SMILES string of the molecule is CCC1CCC(CNC2CC2)C(c2ccc(C)cc2)C1. The van der Waals surface area contributed by atoms with Gasteiger partial charge in [-0.2, -0.15) is 0 Å². The number of rotatable bonds is 5. The zero-order chi connectivity index (χ0) is 13.9. The lowest BCUT2D eigenvalue weighted by Gasteiger charge is -2.36. The number of hydrogen-bond donors (Lipinski definition) is 1. The van der Waals surface area contributed by atoms with Crippen LogP contribution in [0.1, 0.15) is 62.5 Å². The van der Waals surface area contributed by atoms with Crippen molar-refractivity contribution < 1.29 is 0 Å². The van der Waals surface area contributed by atoms with E-state index < -0.39 is 0 Å². The lowest BCUT2D eigenvalue weighted by molar-refractivity contribution is 0.225. The van der Waals surface area contributed by atoms with Crippen LogP contribution in [-0.4, -0.2) is 12.6 Å². The zero-order valence-corrected chi connectivity index (χ0v) is 13.1. The van der Waals surface area contributed by atoms with Crippen molar-refractivity contribution in [2.24, 2.45) is 11.8 Å². The lowest BCUT2D eigenvalue weighted by Crippen LogP contribution is -2.33. The van der Waals surface area contributed by atoms with E-state index in [4.69, 9.17) is 0 Å². The molecule has 0 radical (unpaired) electrons. The molecule has 0 aromatic heterocycles. The molecule has 3 atom stereocenters. The Morgan fingerprint density at radius 1 is 1.05 bits per heavy atom. The Balaban J connectivity index is 1.70. The van der Waals surface area contributed by atoms with Crippen molar-refractivity contribution in [3.8, 4) is 0 Å². The van der Waals surface area contributed by atoms with E-state index in [2.05, 4.69) is 43.4 Å². The average molecular weight is 271 g/mol. The second-order valence-electron chi connectivity index (χ2n) is 7.05. The molecular formula is C19H29N. The van der Waals surface area contributed by atoms with Crippen molar-refractivity contribution in [1.29, 1.82) is 0 Å². The normalized spacial score (nSPS) is 30.4. The summed E-state index contributed by atoms with van der Waals surface area (Å²) in [6, 6.07) is 10.2. The quantitative estimate of drug-likeness (QED) is 0.821. The van der Waals surface area contributed by atoms with Crippen LogP contribution in [0.15, 0.2) is 24.3 Å². The van der Waals surface area contributed by atoms with Crippen LogP contribution in [0, 0.1) is 18.8 Å². The Labute approximate surface area is 124 Å². The molecule has 3 unspecified atom stereocenters. The van der Waals surface area contributed by atoms with Gasteiger partial charge >= 0.3 is 0 Å². The van der Waals surface area contributed by atoms with Gasteiger partial charge < -0.3 is 5.32 Å². The summed E-state index contributed by atoms with van der Waals surface area (Å²) in [5.74, 6) is 2.57. The Morgan fingerprint density at radius 2 is 1.80 bits per heavy atom. The third-order valence-electron chi connectivity index (χ3n) is 5.43. The van der Waals surface area contributed by atoms with E-state index >= 15 is 0 Å². The minimum atomic E-state index is 0.778. The van der Waals surface area contributed by atoms with Crippen LogP contribution in [-0.2, 0) is 0 Å². The van der Waals surface area contributed by atoms with E-state index in [-0.39, 0.29) is 0 Å². The van der Waals surface area contributed by atoms with E-state index in [0.717, 1.165) is 23.8 Å². The Bertz CT molecular complexity index is 418. The molecule has 0 bridgehead atoms. The third-order valence-corrected chi connectivity index (χ3v) is 5.43. The molecule has 1 aromatic carbocycles. The Hall–Kier alpha value is -0.820. The highest BCUT2D eigenvalue weighted by Gasteiger charge is 2.32. The molecule has 0 saturated heterocycles. The highest BCUT2D eigenvalue weighted by molar-refractivity contribution is 5.25. The molecule has 20 heavy (non-hydrogen) atoms. The van der Waals surface area contributed by atoms with Gasteiger partial charge in [0, 0.05) is 6.04 Å². The van der Waals surface area contributed by atoms with Crippen LogP contribution in [0.2, 0.25) is 0 Å². The molecule has 3 rings (SSSR count). The number of nitrogens with one attached hydrogen (secondary N) is 1. The number of aryl methyl sites for hydroxylation is 1. The van der Waals surface area contributed by atoms with Crippen molar-refractivity contribution in [2.45, 2.75) is 64.3 Å². The number of hydrogen-bond acceptors (Lipinski definition) is 1. The topological polar surface area (TPSA) is 12.0 Å². The summed E-state index contributed by atoms with van der Waals surface area (Å²) in [5.41, 5.74) is 2.96. The fraction of sp³-hybridized carbons (Fsp3) is 0.684. The van der Waals surface area contributed by atoms with Crippen molar-refractivity contribution in [3.05, 3.63) is 35.4 Å². The smallest absolute Gasteiger partial charge is 0.00683 e. The Kier molecular flexibility index (Phi) is 4.45. The van der Waals surface area contributed by atoms with Crippen LogP contribution in [0.3, 0.4) is 0 Å². The van der Waals surface area contributed by atoms with Crippen LogP contribution in [0.25, 0.3) is 0 Å². The van der Waals surface area contributed by atoms with Crippen molar-refractivity contribution >= 4 is 0 Å². The molecule has 2 fully saturated rings. The molecule has 0 aliphatic heterocycles. The number of benzene rings is 1. The van der Waals surface area contributed by atoms with Crippen molar-refractivity contribution in [2.75, 3.05) is 6.54 Å². The highest BCUT2D eigenvalue weighted by atomic mass is 14.9. The van der Waals surface area contributed by atoms with E-state index in [0.29, 0.717) is 0 Å². The van der Waals surface area contributed by atoms with Gasteiger partial charge in [0.05, 0.1) is 0 Å². The molecule has 1 nitrogen and oxygen atoms in total. The summed E-state index contributed by atoms with van der Waals surface area (Å²) in [7, 11) is 0. The summed E-state index contributed by atoms with van der Waals surface area (Å²) < 4.78 is 0. The highest BCUT2D eigenvalue weighted by Crippen LogP contribution is 2.41. The molecule has 2 aliphatic rings. The maximum absolute atomic E-state index is 3.77. The lowest BCUT2D eigenvalue weighted by atomic mass is 9.70. The van der Waals surface area contributed by atoms with Crippen LogP contribution >= 0.6 is 0 Å². The Morgan fingerprint density at radius 3 is 2.45 bits per heavy atom. The summed E-state index contributed by atoms with van der Waals surface area (Å²) in [6.07, 6.45) is 8.41. The summed E-state index contributed by atoms with van der Waals surface area (Å²) in [4.78, 5) is 0. The molecule has 1 aromatic rings. The molecule has 1 N–H and O–H groups in total. The third kappa shape index (κ3) is 3.44. The van der Waals surface area contributed by atoms with Gasteiger partial charge in [-0.25, -0.2) is 0 Å². The molecule has 2 aliphatic carbocycles. The van der Waals surface area contributed by atoms with E-state index in [1.165, 1.54) is 50.6 Å². The predicted molar refractivity (Wildman–Crippen MR) is 86.1 cm³/mol. The van der Waals surface area contributed by atoms with E-state index in [1.807, 2.05) is 0 Å². The molecule has 2 saturated carbocycles. The van der Waals surface area contributed by atoms with Gasteiger partial charge in [0.15, 0.2) is 0 Å². The molecule has 110 valence electrons. The zero-order valence-electron chi connectivity index (χ0n) is 13.1. The van der Waals surface area contributed by atoms with E-state index in [9.17, 15) is 0 Å². The predicted octanol–water partition coefficient (Wildman–Crippen LogP) is 4.66. The first-order valence-corrected chi connectivity index (χ1v) is 8.56. The van der Waals surface area contributed by atoms with Crippen LogP contribution < -0.4 is 5.32 Å². The molecule has 0 heterocycles. The molecule has 0 amide bonds. The van der Waals surface area contributed by atoms with Crippen LogP contribution in [0.5, 0.6) is 0 Å². The van der Waals surface area contributed by atoms with Gasteiger partial charge in [-0.1, -0.05) is 49.6 Å². The van der Waals surface area contributed by atoms with Gasteiger partial charge in [0.1, 0.15) is 0 Å². The second kappa shape index (κ2) is 6.30. The largest absolute Gasteiger partial charge is 0.314 e. The van der Waals surface area contributed by atoms with E-state index in [1.54, 1.807) is 5.56 Å². The minimum absolute atomic E-state index is 0.778. The first-order valence-electron chi connectivity index (χ1n) is 8.56. The van der Waals surface area contributed by atoms with Gasteiger partial charge in [-0.05, 0) is 62.5 Å². The monoisotopic (exact) mass is 271 g/mol. The average Bonchev–Trinajstić information content (AvgIpc) is 3.30. The molecule has 1 heteroatoms.